The van der Waals surface area contributed by atoms with Crippen LogP contribution in [0.15, 0.2) is 11.0 Å². The first-order chi connectivity index (χ1) is 9.35. The number of hydrogen-bond donors (Lipinski definition) is 1. The van der Waals surface area contributed by atoms with Crippen LogP contribution in [0.2, 0.25) is 0 Å². The van der Waals surface area contributed by atoms with E-state index >= 15 is 0 Å². The SMILES string of the molecule is Cc1cn([C@H]2C[C@@H]3CP(=O)(O)OC[C@H]3O2)c(=O)nc1[O-]. The molecule has 4 atom stereocenters. The zero-order valence-corrected chi connectivity index (χ0v) is 11.7. The maximum atomic E-state index is 11.7. The highest BCUT2D eigenvalue weighted by Gasteiger charge is 2.45. The van der Waals surface area contributed by atoms with Gasteiger partial charge in [0.1, 0.15) is 6.23 Å². The normalized spacial score (nSPS) is 36.8. The Labute approximate surface area is 114 Å². The van der Waals surface area contributed by atoms with Crippen molar-refractivity contribution in [2.75, 3.05) is 12.8 Å². The fourth-order valence-electron chi connectivity index (χ4n) is 2.62. The summed E-state index contributed by atoms with van der Waals surface area (Å²) in [6.45, 7) is 1.61. The van der Waals surface area contributed by atoms with Crippen LogP contribution in [-0.2, 0) is 13.8 Å². The van der Waals surface area contributed by atoms with Crippen molar-refractivity contribution in [3.8, 4) is 5.88 Å². The van der Waals surface area contributed by atoms with Crippen LogP contribution in [0, 0.1) is 12.8 Å². The lowest BCUT2D eigenvalue weighted by Gasteiger charge is -2.26. The molecular formula is C11H14N2O6P-. The molecule has 2 fully saturated rings. The first-order valence-electron chi connectivity index (χ1n) is 6.24. The van der Waals surface area contributed by atoms with Crippen molar-refractivity contribution in [2.24, 2.45) is 5.92 Å². The van der Waals surface area contributed by atoms with Gasteiger partial charge in [0.2, 0.25) is 0 Å². The van der Waals surface area contributed by atoms with E-state index in [1.54, 1.807) is 6.92 Å². The Morgan fingerprint density at radius 1 is 1.60 bits per heavy atom. The number of rotatable bonds is 1. The van der Waals surface area contributed by atoms with E-state index in [0.717, 1.165) is 0 Å². The third kappa shape index (κ3) is 2.40. The van der Waals surface area contributed by atoms with Gasteiger partial charge in [0, 0.05) is 12.1 Å². The second-order valence-corrected chi connectivity index (χ2v) is 7.06. The zero-order valence-electron chi connectivity index (χ0n) is 10.8. The summed E-state index contributed by atoms with van der Waals surface area (Å²) in [5.41, 5.74) is -0.315. The van der Waals surface area contributed by atoms with Gasteiger partial charge < -0.3 is 19.3 Å². The van der Waals surface area contributed by atoms with Crippen LogP contribution in [-0.4, -0.2) is 33.3 Å². The molecule has 20 heavy (non-hydrogen) atoms. The number of nitrogens with zero attached hydrogens (tertiary/aromatic N) is 2. The number of fused-ring (bicyclic) bond motifs is 1. The molecule has 0 saturated carbocycles. The van der Waals surface area contributed by atoms with Gasteiger partial charge in [-0.25, -0.2) is 9.78 Å². The van der Waals surface area contributed by atoms with E-state index in [1.807, 2.05) is 0 Å². The summed E-state index contributed by atoms with van der Waals surface area (Å²) in [6, 6.07) is 0. The molecule has 3 heterocycles. The molecule has 1 aromatic rings. The summed E-state index contributed by atoms with van der Waals surface area (Å²) >= 11 is 0. The Bertz CT molecular complexity index is 644. The minimum absolute atomic E-state index is 0.0228. The zero-order chi connectivity index (χ0) is 14.5. The summed E-state index contributed by atoms with van der Waals surface area (Å²) in [6.07, 6.45) is 0.977. The van der Waals surface area contributed by atoms with Crippen LogP contribution in [0.25, 0.3) is 0 Å². The topological polar surface area (TPSA) is 114 Å². The van der Waals surface area contributed by atoms with Gasteiger partial charge in [-0.1, -0.05) is 0 Å². The lowest BCUT2D eigenvalue weighted by molar-refractivity contribution is -0.276. The summed E-state index contributed by atoms with van der Waals surface area (Å²) in [5.74, 6) is -0.687. The predicted molar refractivity (Wildman–Crippen MR) is 65.3 cm³/mol. The van der Waals surface area contributed by atoms with Gasteiger partial charge in [-0.3, -0.25) is 9.13 Å². The predicted octanol–water partition coefficient (Wildman–Crippen LogP) is -0.255. The molecule has 0 aliphatic carbocycles. The van der Waals surface area contributed by atoms with Crippen molar-refractivity contribution in [3.63, 3.8) is 0 Å². The largest absolute Gasteiger partial charge is 0.858 e. The van der Waals surface area contributed by atoms with Gasteiger partial charge >= 0.3 is 13.3 Å². The van der Waals surface area contributed by atoms with E-state index in [9.17, 15) is 19.4 Å². The van der Waals surface area contributed by atoms with Crippen molar-refractivity contribution in [1.29, 1.82) is 0 Å². The Balaban J connectivity index is 1.86. The number of hydrogen-bond acceptors (Lipinski definition) is 6. The molecule has 0 amide bonds. The minimum Gasteiger partial charge on any atom is -0.858 e. The Morgan fingerprint density at radius 3 is 3.10 bits per heavy atom. The molecule has 9 heteroatoms. The number of ether oxygens (including phenoxy) is 1. The first kappa shape index (κ1) is 13.8. The molecule has 2 aliphatic heterocycles. The second-order valence-electron chi connectivity index (χ2n) is 5.16. The smallest absolute Gasteiger partial charge is 0.349 e. The van der Waals surface area contributed by atoms with Crippen LogP contribution in [0.5, 0.6) is 5.88 Å². The van der Waals surface area contributed by atoms with Crippen molar-refractivity contribution in [2.45, 2.75) is 25.7 Å². The van der Waals surface area contributed by atoms with Crippen molar-refractivity contribution >= 4 is 7.60 Å². The number of aryl methyl sites for hydroxylation is 1. The molecule has 1 aromatic heterocycles. The van der Waals surface area contributed by atoms with E-state index in [4.69, 9.17) is 9.26 Å². The van der Waals surface area contributed by atoms with Gasteiger partial charge in [0.05, 0.1) is 18.9 Å². The van der Waals surface area contributed by atoms with Gasteiger partial charge in [-0.15, -0.1) is 0 Å². The van der Waals surface area contributed by atoms with Crippen molar-refractivity contribution in [1.82, 2.24) is 9.55 Å². The summed E-state index contributed by atoms with van der Waals surface area (Å²) in [5, 5.41) is 11.3. The quantitative estimate of drug-likeness (QED) is 0.711. The van der Waals surface area contributed by atoms with Gasteiger partial charge in [-0.2, -0.15) is 0 Å². The first-order valence-corrected chi connectivity index (χ1v) is 8.00. The fourth-order valence-corrected chi connectivity index (χ4v) is 4.09. The van der Waals surface area contributed by atoms with Crippen LogP contribution >= 0.6 is 7.60 Å². The second kappa shape index (κ2) is 4.66. The maximum Gasteiger partial charge on any atom is 0.349 e. The Morgan fingerprint density at radius 2 is 2.35 bits per heavy atom. The van der Waals surface area contributed by atoms with Gasteiger partial charge in [-0.05, 0) is 24.8 Å². The van der Waals surface area contributed by atoms with Gasteiger partial charge in [0.25, 0.3) is 0 Å². The van der Waals surface area contributed by atoms with Crippen molar-refractivity contribution in [3.05, 3.63) is 22.2 Å². The summed E-state index contributed by atoms with van der Waals surface area (Å²) in [7, 11) is -3.54. The molecule has 2 saturated heterocycles. The Hall–Kier alpha value is -1.21. The van der Waals surface area contributed by atoms with Crippen LogP contribution in [0.1, 0.15) is 18.2 Å². The van der Waals surface area contributed by atoms with E-state index in [1.165, 1.54) is 10.8 Å². The standard InChI is InChI=1S/C11H15N2O6P/c1-6-3-13(11(15)12-10(6)14)9-2-7-5-20(16,17)18-4-8(7)19-9/h3,7-9H,2,4-5H2,1H3,(H,16,17)(H,12,14,15)/p-1/t7-,8-,9-/m1/s1. The summed E-state index contributed by atoms with van der Waals surface area (Å²) < 4.78 is 23.4. The van der Waals surface area contributed by atoms with Crippen LogP contribution in [0.3, 0.4) is 0 Å². The van der Waals surface area contributed by atoms with Crippen LogP contribution in [0.4, 0.5) is 0 Å². The van der Waals surface area contributed by atoms with E-state index in [-0.39, 0.29) is 24.8 Å². The molecule has 0 aromatic carbocycles. The molecule has 0 bridgehead atoms. The third-order valence-electron chi connectivity index (χ3n) is 3.67. The molecule has 0 spiro atoms. The highest BCUT2D eigenvalue weighted by Crippen LogP contribution is 2.52. The Kier molecular flexibility index (Phi) is 3.21. The molecular weight excluding hydrogens is 287 g/mol. The van der Waals surface area contributed by atoms with Crippen LogP contribution < -0.4 is 10.8 Å². The molecule has 8 nitrogen and oxygen atoms in total. The lowest BCUT2D eigenvalue weighted by Crippen LogP contribution is -2.30. The average Bonchev–Trinajstić information content (AvgIpc) is 2.74. The van der Waals surface area contributed by atoms with Crippen molar-refractivity contribution < 1.29 is 23.8 Å². The van der Waals surface area contributed by atoms with E-state index in [0.29, 0.717) is 12.0 Å². The average molecular weight is 301 g/mol. The summed E-state index contributed by atoms with van der Waals surface area (Å²) in [4.78, 5) is 24.6. The highest BCUT2D eigenvalue weighted by molar-refractivity contribution is 7.52. The third-order valence-corrected chi connectivity index (χ3v) is 5.15. The molecule has 0 radical (unpaired) electrons. The number of aromatic nitrogens is 2. The molecule has 1 N–H and O–H groups in total. The molecule has 110 valence electrons. The fraction of sp³-hybridized carbons (Fsp3) is 0.636. The maximum absolute atomic E-state index is 11.7. The molecule has 3 rings (SSSR count). The van der Waals surface area contributed by atoms with Gasteiger partial charge in [0.15, 0.2) is 0 Å². The minimum atomic E-state index is -3.54. The lowest BCUT2D eigenvalue weighted by atomic mass is 10.0. The monoisotopic (exact) mass is 301 g/mol. The van der Waals surface area contributed by atoms with E-state index < -0.39 is 25.4 Å². The molecule has 1 unspecified atom stereocenters. The van der Waals surface area contributed by atoms with E-state index in [2.05, 4.69) is 4.98 Å². The molecule has 2 aliphatic rings. The highest BCUT2D eigenvalue weighted by atomic mass is 31.2.